The van der Waals surface area contributed by atoms with E-state index in [0.29, 0.717) is 11.6 Å². The molecular formula is C21H21N3OS. The van der Waals surface area contributed by atoms with E-state index in [1.807, 2.05) is 22.7 Å². The second-order valence-electron chi connectivity index (χ2n) is 7.20. The Morgan fingerprint density at radius 2 is 2.04 bits per heavy atom. The van der Waals surface area contributed by atoms with Crippen molar-refractivity contribution in [2.24, 2.45) is 7.05 Å². The monoisotopic (exact) mass is 363 g/mol. The Balaban J connectivity index is 1.44. The van der Waals surface area contributed by atoms with E-state index in [2.05, 4.69) is 40.8 Å². The molecule has 3 aromatic rings. The first-order valence-electron chi connectivity index (χ1n) is 9.19. The number of benzene rings is 1. The van der Waals surface area contributed by atoms with Crippen LogP contribution in [0.25, 0.3) is 11.3 Å². The van der Waals surface area contributed by atoms with Gasteiger partial charge in [0, 0.05) is 42.1 Å². The van der Waals surface area contributed by atoms with Gasteiger partial charge in [0.05, 0.1) is 5.69 Å². The Bertz CT molecular complexity index is 973. The number of fused-ring (bicyclic) bond motifs is 3. The predicted molar refractivity (Wildman–Crippen MR) is 104 cm³/mol. The van der Waals surface area contributed by atoms with Crippen LogP contribution in [-0.4, -0.2) is 33.7 Å². The van der Waals surface area contributed by atoms with Crippen molar-refractivity contribution >= 4 is 17.2 Å². The Kier molecular flexibility index (Phi) is 3.71. The number of rotatable bonds is 2. The molecule has 2 aromatic heterocycles. The van der Waals surface area contributed by atoms with Gasteiger partial charge in [-0.05, 0) is 36.3 Å². The van der Waals surface area contributed by atoms with Gasteiger partial charge in [-0.1, -0.05) is 30.3 Å². The number of nitrogens with zero attached hydrogens (tertiary/aromatic N) is 3. The first-order chi connectivity index (χ1) is 12.7. The summed E-state index contributed by atoms with van der Waals surface area (Å²) in [6.45, 7) is 1.60. The van der Waals surface area contributed by atoms with E-state index in [4.69, 9.17) is 0 Å². The highest BCUT2D eigenvalue weighted by Crippen LogP contribution is 2.38. The number of aromatic nitrogens is 2. The number of aryl methyl sites for hydroxylation is 2. The van der Waals surface area contributed by atoms with Gasteiger partial charge in [0.1, 0.15) is 0 Å². The maximum Gasteiger partial charge on any atom is 0.274 e. The summed E-state index contributed by atoms with van der Waals surface area (Å²) in [7, 11) is 1.96. The van der Waals surface area contributed by atoms with E-state index in [0.717, 1.165) is 43.6 Å². The van der Waals surface area contributed by atoms with Crippen LogP contribution in [0, 0.1) is 0 Å². The lowest BCUT2D eigenvalue weighted by Gasteiger charge is -2.18. The standard InChI is InChI=1S/C21H21N3OS/c1-23-20-16-10-12-26-18(16)8-7-17(20)19(22-23)21(25)24-11-9-15(13-24)14-5-3-2-4-6-14/h2-6,10,12,15H,7-9,11,13H2,1H3/t15-/m0/s1. The van der Waals surface area contributed by atoms with Gasteiger partial charge in [-0.2, -0.15) is 5.10 Å². The molecule has 0 spiro atoms. The SMILES string of the molecule is Cn1nc(C(=O)N2CC[C@H](c3ccccc3)C2)c2c1-c1ccsc1CC2. The molecule has 132 valence electrons. The molecule has 4 nitrogen and oxygen atoms in total. The molecule has 1 aromatic carbocycles. The van der Waals surface area contributed by atoms with E-state index >= 15 is 0 Å². The summed E-state index contributed by atoms with van der Waals surface area (Å²) >= 11 is 1.80. The van der Waals surface area contributed by atoms with E-state index in [1.54, 1.807) is 11.3 Å². The molecule has 1 fully saturated rings. The summed E-state index contributed by atoms with van der Waals surface area (Å²) in [5.41, 5.74) is 5.51. The van der Waals surface area contributed by atoms with Crippen LogP contribution in [0.5, 0.6) is 0 Å². The van der Waals surface area contributed by atoms with Crippen molar-refractivity contribution in [3.05, 3.63) is 63.5 Å². The zero-order valence-electron chi connectivity index (χ0n) is 14.8. The van der Waals surface area contributed by atoms with E-state index < -0.39 is 0 Å². The van der Waals surface area contributed by atoms with Gasteiger partial charge >= 0.3 is 0 Å². The minimum absolute atomic E-state index is 0.0963. The average molecular weight is 363 g/mol. The molecule has 0 saturated carbocycles. The smallest absolute Gasteiger partial charge is 0.274 e. The van der Waals surface area contributed by atoms with E-state index in [-0.39, 0.29) is 5.91 Å². The summed E-state index contributed by atoms with van der Waals surface area (Å²) < 4.78 is 1.90. The van der Waals surface area contributed by atoms with Crippen molar-refractivity contribution in [3.63, 3.8) is 0 Å². The molecule has 0 radical (unpaired) electrons. The summed E-state index contributed by atoms with van der Waals surface area (Å²) in [6, 6.07) is 12.7. The van der Waals surface area contributed by atoms with Crippen molar-refractivity contribution in [1.82, 2.24) is 14.7 Å². The van der Waals surface area contributed by atoms with Gasteiger partial charge in [-0.25, -0.2) is 0 Å². The number of carbonyl (C=O) groups excluding carboxylic acids is 1. The molecule has 0 N–H and O–H groups in total. The largest absolute Gasteiger partial charge is 0.337 e. The van der Waals surface area contributed by atoms with Gasteiger partial charge in [0.25, 0.3) is 5.91 Å². The molecule has 1 aliphatic carbocycles. The third kappa shape index (κ3) is 2.42. The molecule has 1 atom stereocenters. The van der Waals surface area contributed by atoms with Gasteiger partial charge in [0.15, 0.2) is 5.69 Å². The molecule has 5 heteroatoms. The summed E-state index contributed by atoms with van der Waals surface area (Å²) in [6.07, 6.45) is 2.95. The molecule has 26 heavy (non-hydrogen) atoms. The van der Waals surface area contributed by atoms with Crippen LogP contribution in [0.15, 0.2) is 41.8 Å². The molecule has 1 saturated heterocycles. The summed E-state index contributed by atoms with van der Waals surface area (Å²) in [4.78, 5) is 16.6. The van der Waals surface area contributed by atoms with Crippen LogP contribution in [0.2, 0.25) is 0 Å². The second kappa shape index (κ2) is 6.09. The predicted octanol–water partition coefficient (Wildman–Crippen LogP) is 3.88. The second-order valence-corrected chi connectivity index (χ2v) is 8.20. The number of carbonyl (C=O) groups is 1. The number of likely N-dealkylation sites (tertiary alicyclic amines) is 1. The van der Waals surface area contributed by atoms with E-state index in [1.165, 1.54) is 16.0 Å². The Morgan fingerprint density at radius 3 is 2.88 bits per heavy atom. The average Bonchev–Trinajstić information content (AvgIpc) is 3.40. The number of amides is 1. The molecule has 0 bridgehead atoms. The third-order valence-corrected chi connectivity index (χ3v) is 6.68. The minimum atomic E-state index is 0.0963. The topological polar surface area (TPSA) is 38.1 Å². The summed E-state index contributed by atoms with van der Waals surface area (Å²) in [5, 5.41) is 6.78. The van der Waals surface area contributed by atoms with Gasteiger partial charge in [-0.15, -0.1) is 11.3 Å². The maximum atomic E-state index is 13.2. The molecular weight excluding hydrogens is 342 g/mol. The fourth-order valence-corrected chi connectivity index (χ4v) is 5.27. The maximum absolute atomic E-state index is 13.2. The molecule has 0 unspecified atom stereocenters. The normalized spacial score (nSPS) is 18.7. The lowest BCUT2D eigenvalue weighted by Crippen LogP contribution is -2.29. The van der Waals surface area contributed by atoms with Crippen molar-refractivity contribution in [2.75, 3.05) is 13.1 Å². The van der Waals surface area contributed by atoms with E-state index in [9.17, 15) is 4.79 Å². The number of thiophene rings is 1. The van der Waals surface area contributed by atoms with Crippen molar-refractivity contribution in [2.45, 2.75) is 25.2 Å². The third-order valence-electron chi connectivity index (χ3n) is 5.70. The van der Waals surface area contributed by atoms with Crippen molar-refractivity contribution in [3.8, 4) is 11.3 Å². The van der Waals surface area contributed by atoms with Crippen LogP contribution >= 0.6 is 11.3 Å². The Labute approximate surface area is 157 Å². The lowest BCUT2D eigenvalue weighted by atomic mass is 9.94. The molecule has 1 amide bonds. The quantitative estimate of drug-likeness (QED) is 0.693. The summed E-state index contributed by atoms with van der Waals surface area (Å²) in [5.74, 6) is 0.530. The first-order valence-corrected chi connectivity index (χ1v) is 10.1. The lowest BCUT2D eigenvalue weighted by molar-refractivity contribution is 0.0783. The van der Waals surface area contributed by atoms with Gasteiger partial charge in [0.2, 0.25) is 0 Å². The molecule has 5 rings (SSSR count). The van der Waals surface area contributed by atoms with Crippen LogP contribution in [0.1, 0.15) is 38.8 Å². The molecule has 2 aliphatic rings. The molecule has 1 aliphatic heterocycles. The zero-order chi connectivity index (χ0) is 17.7. The molecule has 3 heterocycles. The van der Waals surface area contributed by atoms with Crippen molar-refractivity contribution in [1.29, 1.82) is 0 Å². The van der Waals surface area contributed by atoms with Gasteiger partial charge < -0.3 is 4.90 Å². The number of hydrogen-bond donors (Lipinski definition) is 0. The van der Waals surface area contributed by atoms with Crippen LogP contribution in [-0.2, 0) is 19.9 Å². The fraction of sp³-hybridized carbons (Fsp3) is 0.333. The van der Waals surface area contributed by atoms with Crippen LogP contribution < -0.4 is 0 Å². The van der Waals surface area contributed by atoms with Gasteiger partial charge in [-0.3, -0.25) is 9.48 Å². The van der Waals surface area contributed by atoms with Crippen molar-refractivity contribution < 1.29 is 4.79 Å². The highest BCUT2D eigenvalue weighted by atomic mass is 32.1. The highest BCUT2D eigenvalue weighted by molar-refractivity contribution is 7.10. The fourth-order valence-electron chi connectivity index (χ4n) is 4.39. The van der Waals surface area contributed by atoms with Crippen LogP contribution in [0.4, 0.5) is 0 Å². The number of hydrogen-bond acceptors (Lipinski definition) is 3. The zero-order valence-corrected chi connectivity index (χ0v) is 15.6. The van der Waals surface area contributed by atoms with Crippen LogP contribution in [0.3, 0.4) is 0 Å². The minimum Gasteiger partial charge on any atom is -0.337 e. The highest BCUT2D eigenvalue weighted by Gasteiger charge is 2.33. The Hall–Kier alpha value is -2.40. The Morgan fingerprint density at radius 1 is 1.19 bits per heavy atom. The first kappa shape index (κ1) is 15.8.